The molecule has 150 valence electrons. The number of hydrogen-bond acceptors (Lipinski definition) is 5. The first-order valence-corrected chi connectivity index (χ1v) is 10.5. The van der Waals surface area contributed by atoms with Crippen molar-refractivity contribution in [2.24, 2.45) is 0 Å². The van der Waals surface area contributed by atoms with Gasteiger partial charge in [0.25, 0.3) is 10.1 Å². The standard InChI is InChI=1S/C16H17F2O7PS.K.H/c17-12-4-6-13(7-5-12)24-14-8-9-15(18)11(10-14)2-1-3-16(25-26(19)20)27(21,22)23;;/h4-10,16,26H,1-3H2,(H,19,20)(H,21,22,23);;. The van der Waals surface area contributed by atoms with Crippen molar-refractivity contribution >= 4 is 69.8 Å². The van der Waals surface area contributed by atoms with E-state index in [-0.39, 0.29) is 76.2 Å². The summed E-state index contributed by atoms with van der Waals surface area (Å²) in [5.74, 6) is -0.340. The molecule has 2 N–H and O–H groups in total. The van der Waals surface area contributed by atoms with Gasteiger partial charge in [-0.15, -0.1) is 0 Å². The molecule has 0 bridgehead atoms. The van der Waals surface area contributed by atoms with Crippen molar-refractivity contribution in [3.63, 3.8) is 0 Å². The van der Waals surface area contributed by atoms with Gasteiger partial charge < -0.3 is 9.63 Å². The van der Waals surface area contributed by atoms with E-state index in [1.165, 1.54) is 36.4 Å². The van der Waals surface area contributed by atoms with Crippen LogP contribution >= 0.6 is 8.25 Å². The van der Waals surface area contributed by atoms with Gasteiger partial charge in [-0.1, -0.05) is 0 Å². The molecule has 28 heavy (non-hydrogen) atoms. The summed E-state index contributed by atoms with van der Waals surface area (Å²) in [4.78, 5) is 8.69. The Morgan fingerprint density at radius 2 is 1.68 bits per heavy atom. The molecule has 7 nitrogen and oxygen atoms in total. The molecule has 2 aromatic rings. The number of ether oxygens (including phenoxy) is 1. The van der Waals surface area contributed by atoms with E-state index in [1.54, 1.807) is 0 Å². The SMILES string of the molecule is O=[PH](O)OC(CCCc1cc(Oc2ccc(F)cc2)ccc1F)S(=O)(=O)O.[KH]. The number of rotatable bonds is 9. The van der Waals surface area contributed by atoms with Crippen LogP contribution < -0.4 is 4.74 Å². The Hall–Kier alpha value is -0.204. The van der Waals surface area contributed by atoms with Crippen LogP contribution in [0.3, 0.4) is 0 Å². The summed E-state index contributed by atoms with van der Waals surface area (Å²) in [6.45, 7) is 0. The Bertz CT molecular complexity index is 910. The van der Waals surface area contributed by atoms with E-state index < -0.39 is 35.4 Å². The molecule has 0 radical (unpaired) electrons. The van der Waals surface area contributed by atoms with E-state index in [2.05, 4.69) is 4.52 Å². The second-order valence-corrected chi connectivity index (χ2v) is 7.85. The summed E-state index contributed by atoms with van der Waals surface area (Å²) in [5.41, 5.74) is -1.66. The molecule has 12 heteroatoms. The van der Waals surface area contributed by atoms with Crippen LogP contribution in [-0.2, 0) is 25.6 Å². The van der Waals surface area contributed by atoms with Gasteiger partial charge in [0.05, 0.1) is 0 Å². The quantitative estimate of drug-likeness (QED) is 0.335. The second-order valence-electron chi connectivity index (χ2n) is 5.53. The van der Waals surface area contributed by atoms with Crippen LogP contribution in [0.2, 0.25) is 0 Å². The van der Waals surface area contributed by atoms with E-state index in [0.29, 0.717) is 11.5 Å². The monoisotopic (exact) mass is 462 g/mol. The summed E-state index contributed by atoms with van der Waals surface area (Å²) in [7, 11) is -8.25. The fourth-order valence-corrected chi connectivity index (χ4v) is 3.83. The molecule has 0 saturated heterocycles. The maximum absolute atomic E-state index is 13.9. The zero-order chi connectivity index (χ0) is 20.0. The Morgan fingerprint density at radius 3 is 2.25 bits per heavy atom. The minimum atomic E-state index is -4.68. The average Bonchev–Trinajstić information content (AvgIpc) is 2.57. The van der Waals surface area contributed by atoms with E-state index >= 15 is 0 Å². The van der Waals surface area contributed by atoms with Crippen molar-refractivity contribution in [2.45, 2.75) is 24.7 Å². The van der Waals surface area contributed by atoms with Gasteiger partial charge in [-0.25, -0.2) is 8.78 Å². The number of hydrogen-bond donors (Lipinski definition) is 2. The van der Waals surface area contributed by atoms with E-state index in [1.807, 2.05) is 0 Å². The molecule has 0 aliphatic heterocycles. The molecule has 2 atom stereocenters. The third-order valence-electron chi connectivity index (χ3n) is 3.52. The third-order valence-corrected chi connectivity index (χ3v) is 5.17. The topological polar surface area (TPSA) is 110 Å². The van der Waals surface area contributed by atoms with Crippen molar-refractivity contribution in [1.29, 1.82) is 0 Å². The van der Waals surface area contributed by atoms with Gasteiger partial charge in [0.15, 0.2) is 5.44 Å². The van der Waals surface area contributed by atoms with Crippen LogP contribution in [0.15, 0.2) is 42.5 Å². The molecule has 0 spiro atoms. The first-order chi connectivity index (χ1) is 12.6. The molecule has 0 heterocycles. The van der Waals surface area contributed by atoms with Crippen molar-refractivity contribution in [1.82, 2.24) is 0 Å². The van der Waals surface area contributed by atoms with Gasteiger partial charge >= 0.3 is 59.6 Å². The molecule has 0 aliphatic carbocycles. The van der Waals surface area contributed by atoms with E-state index in [4.69, 9.17) is 14.2 Å². The maximum atomic E-state index is 13.9. The Balaban J connectivity index is 0.00000392. The zero-order valence-electron chi connectivity index (χ0n) is 13.8. The molecular formula is C16H18F2KO7PS. The summed E-state index contributed by atoms with van der Waals surface area (Å²) in [5, 5.41) is 0. The Morgan fingerprint density at radius 1 is 1.07 bits per heavy atom. The van der Waals surface area contributed by atoms with Crippen molar-refractivity contribution in [3.05, 3.63) is 59.7 Å². The Labute approximate surface area is 204 Å². The Kier molecular flexibility index (Phi) is 10.9. The van der Waals surface area contributed by atoms with Crippen LogP contribution in [0, 0.1) is 11.6 Å². The van der Waals surface area contributed by atoms with Crippen LogP contribution in [0.4, 0.5) is 8.78 Å². The summed E-state index contributed by atoms with van der Waals surface area (Å²) < 4.78 is 78.6. The molecular weight excluding hydrogens is 444 g/mol. The summed E-state index contributed by atoms with van der Waals surface area (Å²) >= 11 is 0. The molecule has 0 saturated carbocycles. The van der Waals surface area contributed by atoms with Gasteiger partial charge in [-0.3, -0.25) is 13.6 Å². The van der Waals surface area contributed by atoms with Gasteiger partial charge in [0.1, 0.15) is 23.1 Å². The van der Waals surface area contributed by atoms with Gasteiger partial charge in [0.2, 0.25) is 0 Å². The van der Waals surface area contributed by atoms with Crippen molar-refractivity contribution in [2.75, 3.05) is 0 Å². The fourth-order valence-electron chi connectivity index (χ4n) is 2.29. The second kappa shape index (κ2) is 11.8. The van der Waals surface area contributed by atoms with Gasteiger partial charge in [-0.2, -0.15) is 8.42 Å². The first kappa shape index (κ1) is 25.8. The third kappa shape index (κ3) is 8.66. The fraction of sp³-hybridized carbons (Fsp3) is 0.250. The molecule has 2 rings (SSSR count). The van der Waals surface area contributed by atoms with Crippen LogP contribution in [-0.4, -0.2) is 74.7 Å². The number of halogens is 2. The molecule has 0 aromatic heterocycles. The molecule has 0 amide bonds. The molecule has 0 fully saturated rings. The average molecular weight is 462 g/mol. The minimum absolute atomic E-state index is 0. The molecule has 2 aromatic carbocycles. The van der Waals surface area contributed by atoms with Crippen molar-refractivity contribution < 1.29 is 40.5 Å². The number of benzene rings is 2. The molecule has 2 unspecified atom stereocenters. The normalized spacial score (nSPS) is 13.4. The van der Waals surface area contributed by atoms with Crippen LogP contribution in [0.5, 0.6) is 11.5 Å². The van der Waals surface area contributed by atoms with Gasteiger partial charge in [-0.05, 0) is 67.3 Å². The van der Waals surface area contributed by atoms with Crippen molar-refractivity contribution in [3.8, 4) is 11.5 Å². The van der Waals surface area contributed by atoms with Crippen LogP contribution in [0.25, 0.3) is 0 Å². The number of aryl methyl sites for hydroxylation is 1. The predicted molar refractivity (Wildman–Crippen MR) is 101 cm³/mol. The van der Waals surface area contributed by atoms with Gasteiger partial charge in [0, 0.05) is 0 Å². The van der Waals surface area contributed by atoms with Crippen LogP contribution in [0.1, 0.15) is 18.4 Å². The zero-order valence-corrected chi connectivity index (χ0v) is 15.7. The summed E-state index contributed by atoms with van der Waals surface area (Å²) in [6, 6.07) is 9.18. The first-order valence-electron chi connectivity index (χ1n) is 7.73. The van der Waals surface area contributed by atoms with E-state index in [9.17, 15) is 21.8 Å². The van der Waals surface area contributed by atoms with E-state index in [0.717, 1.165) is 6.07 Å². The molecule has 0 aliphatic rings. The predicted octanol–water partition coefficient (Wildman–Crippen LogP) is 3.04. The summed E-state index contributed by atoms with van der Waals surface area (Å²) in [6.07, 6.45) is -0.191.